The van der Waals surface area contributed by atoms with Gasteiger partial charge in [-0.15, -0.1) is 0 Å². The van der Waals surface area contributed by atoms with Gasteiger partial charge in [-0.2, -0.15) is 0 Å². The second kappa shape index (κ2) is 10.7. The Morgan fingerprint density at radius 3 is 2.77 bits per heavy atom. The standard InChI is InChI=1S/C21H37N3O2/c1-4-12-24(19-10-6-5-7-11-19)20(25)16-23-13-8-9-18(15-23)21(26)22-14-17(2)3/h10,17-18H,4-9,11-16H2,1-3H3,(H,22,26)/t18-/m1/s1. The lowest BCUT2D eigenvalue weighted by molar-refractivity contribution is -0.133. The van der Waals surface area contributed by atoms with Crippen LogP contribution in [0.3, 0.4) is 0 Å². The van der Waals surface area contributed by atoms with E-state index in [1.54, 1.807) is 0 Å². The summed E-state index contributed by atoms with van der Waals surface area (Å²) in [5.74, 6) is 0.829. The summed E-state index contributed by atoms with van der Waals surface area (Å²) in [4.78, 5) is 29.5. The monoisotopic (exact) mass is 363 g/mol. The molecule has 0 aromatic rings. The molecular weight excluding hydrogens is 326 g/mol. The van der Waals surface area contributed by atoms with Crippen LogP contribution in [0.5, 0.6) is 0 Å². The molecule has 1 saturated heterocycles. The molecule has 0 aromatic heterocycles. The molecule has 148 valence electrons. The highest BCUT2D eigenvalue weighted by atomic mass is 16.2. The third-order valence-electron chi connectivity index (χ3n) is 5.28. The molecule has 1 fully saturated rings. The van der Waals surface area contributed by atoms with Crippen molar-refractivity contribution in [3.05, 3.63) is 11.8 Å². The van der Waals surface area contributed by atoms with Crippen molar-refractivity contribution in [3.63, 3.8) is 0 Å². The average molecular weight is 364 g/mol. The zero-order chi connectivity index (χ0) is 18.9. The lowest BCUT2D eigenvalue weighted by Crippen LogP contribution is -2.47. The van der Waals surface area contributed by atoms with Crippen molar-refractivity contribution >= 4 is 11.8 Å². The first-order valence-corrected chi connectivity index (χ1v) is 10.5. The first kappa shape index (κ1) is 20.9. The third-order valence-corrected chi connectivity index (χ3v) is 5.28. The van der Waals surface area contributed by atoms with E-state index in [-0.39, 0.29) is 17.7 Å². The summed E-state index contributed by atoms with van der Waals surface area (Å²) < 4.78 is 0. The van der Waals surface area contributed by atoms with Gasteiger partial charge >= 0.3 is 0 Å². The van der Waals surface area contributed by atoms with Gasteiger partial charge in [0.15, 0.2) is 0 Å². The number of likely N-dealkylation sites (tertiary alicyclic amines) is 1. The van der Waals surface area contributed by atoms with Gasteiger partial charge in [0.25, 0.3) is 0 Å². The van der Waals surface area contributed by atoms with Gasteiger partial charge in [0.05, 0.1) is 12.5 Å². The maximum Gasteiger partial charge on any atom is 0.240 e. The van der Waals surface area contributed by atoms with Crippen LogP contribution >= 0.6 is 0 Å². The van der Waals surface area contributed by atoms with Crippen molar-refractivity contribution < 1.29 is 9.59 Å². The molecule has 1 heterocycles. The van der Waals surface area contributed by atoms with Crippen LogP contribution in [0.25, 0.3) is 0 Å². The Morgan fingerprint density at radius 2 is 2.12 bits per heavy atom. The number of hydrogen-bond acceptors (Lipinski definition) is 3. The van der Waals surface area contributed by atoms with E-state index in [1.807, 2.05) is 4.90 Å². The first-order chi connectivity index (χ1) is 12.5. The zero-order valence-corrected chi connectivity index (χ0v) is 16.9. The van der Waals surface area contributed by atoms with Crippen molar-refractivity contribution in [1.82, 2.24) is 15.1 Å². The molecule has 0 spiro atoms. The maximum absolute atomic E-state index is 12.9. The van der Waals surface area contributed by atoms with Crippen molar-refractivity contribution in [3.8, 4) is 0 Å². The number of rotatable bonds is 8. The highest BCUT2D eigenvalue weighted by Gasteiger charge is 2.28. The number of hydrogen-bond donors (Lipinski definition) is 1. The number of allylic oxidation sites excluding steroid dienone is 2. The van der Waals surface area contributed by atoms with E-state index >= 15 is 0 Å². The topological polar surface area (TPSA) is 52.7 Å². The molecule has 1 aliphatic heterocycles. The van der Waals surface area contributed by atoms with E-state index in [0.29, 0.717) is 19.0 Å². The smallest absolute Gasteiger partial charge is 0.240 e. The number of piperidine rings is 1. The van der Waals surface area contributed by atoms with Gasteiger partial charge in [-0.05, 0) is 57.4 Å². The number of carbonyl (C=O) groups is 2. The van der Waals surface area contributed by atoms with Crippen LogP contribution in [0.4, 0.5) is 0 Å². The molecule has 1 atom stereocenters. The van der Waals surface area contributed by atoms with Crippen molar-refractivity contribution in [2.24, 2.45) is 11.8 Å². The summed E-state index contributed by atoms with van der Waals surface area (Å²) in [6.45, 7) is 9.92. The SMILES string of the molecule is CCCN(C(=O)CN1CCC[C@@H](C(=O)NCC(C)C)C1)C1=CCCCC1. The molecule has 5 nitrogen and oxygen atoms in total. The average Bonchev–Trinajstić information content (AvgIpc) is 2.65. The van der Waals surface area contributed by atoms with Gasteiger partial charge in [-0.1, -0.05) is 26.8 Å². The van der Waals surface area contributed by atoms with Gasteiger partial charge in [-0.25, -0.2) is 0 Å². The van der Waals surface area contributed by atoms with Crippen LogP contribution in [0.1, 0.15) is 65.7 Å². The quantitative estimate of drug-likeness (QED) is 0.721. The number of amides is 2. The molecule has 2 rings (SSSR count). The molecule has 2 aliphatic rings. The van der Waals surface area contributed by atoms with Gasteiger partial charge in [0, 0.05) is 25.3 Å². The number of nitrogens with zero attached hydrogens (tertiary/aromatic N) is 2. The summed E-state index contributed by atoms with van der Waals surface area (Å²) >= 11 is 0. The maximum atomic E-state index is 12.9. The largest absolute Gasteiger partial charge is 0.356 e. The summed E-state index contributed by atoms with van der Waals surface area (Å²) in [7, 11) is 0. The molecule has 26 heavy (non-hydrogen) atoms. The van der Waals surface area contributed by atoms with Crippen LogP contribution in [0.2, 0.25) is 0 Å². The molecule has 0 bridgehead atoms. The van der Waals surface area contributed by atoms with E-state index < -0.39 is 0 Å². The van der Waals surface area contributed by atoms with Gasteiger partial charge in [-0.3, -0.25) is 14.5 Å². The Morgan fingerprint density at radius 1 is 1.31 bits per heavy atom. The molecular formula is C21H37N3O2. The fourth-order valence-corrected chi connectivity index (χ4v) is 3.86. The molecule has 0 unspecified atom stereocenters. The van der Waals surface area contributed by atoms with Gasteiger partial charge < -0.3 is 10.2 Å². The van der Waals surface area contributed by atoms with E-state index in [4.69, 9.17) is 0 Å². The molecule has 0 aromatic carbocycles. The highest BCUT2D eigenvalue weighted by molar-refractivity contribution is 5.81. The minimum atomic E-state index is 0.0174. The second-order valence-electron chi connectivity index (χ2n) is 8.20. The summed E-state index contributed by atoms with van der Waals surface area (Å²) in [5.41, 5.74) is 1.21. The Hall–Kier alpha value is -1.36. The van der Waals surface area contributed by atoms with Gasteiger partial charge in [0.1, 0.15) is 0 Å². The predicted molar refractivity (Wildman–Crippen MR) is 106 cm³/mol. The van der Waals surface area contributed by atoms with Crippen LogP contribution in [0, 0.1) is 11.8 Å². The van der Waals surface area contributed by atoms with Crippen LogP contribution in [-0.4, -0.2) is 54.3 Å². The van der Waals surface area contributed by atoms with E-state index in [9.17, 15) is 9.59 Å². The first-order valence-electron chi connectivity index (χ1n) is 10.5. The van der Waals surface area contributed by atoms with E-state index in [1.165, 1.54) is 18.5 Å². The molecule has 1 N–H and O–H groups in total. The summed E-state index contributed by atoms with van der Waals surface area (Å²) in [6.07, 6.45) is 9.66. The normalized spacial score (nSPS) is 21.4. The van der Waals surface area contributed by atoms with E-state index in [0.717, 1.165) is 51.7 Å². The Labute approximate surface area is 159 Å². The van der Waals surface area contributed by atoms with Gasteiger partial charge in [0.2, 0.25) is 11.8 Å². The van der Waals surface area contributed by atoms with E-state index in [2.05, 4.69) is 37.1 Å². The lowest BCUT2D eigenvalue weighted by Gasteiger charge is -2.34. The fourth-order valence-electron chi connectivity index (χ4n) is 3.86. The van der Waals surface area contributed by atoms with Crippen LogP contribution in [0.15, 0.2) is 11.8 Å². The lowest BCUT2D eigenvalue weighted by atomic mass is 9.96. The Bertz CT molecular complexity index is 501. The third kappa shape index (κ3) is 6.42. The van der Waals surface area contributed by atoms with Crippen LogP contribution in [-0.2, 0) is 9.59 Å². The molecule has 0 radical (unpaired) electrons. The fraction of sp³-hybridized carbons (Fsp3) is 0.810. The van der Waals surface area contributed by atoms with Crippen molar-refractivity contribution in [2.45, 2.75) is 65.7 Å². The zero-order valence-electron chi connectivity index (χ0n) is 16.9. The Balaban J connectivity index is 1.89. The van der Waals surface area contributed by atoms with Crippen molar-refractivity contribution in [1.29, 1.82) is 0 Å². The van der Waals surface area contributed by atoms with Crippen molar-refractivity contribution in [2.75, 3.05) is 32.7 Å². The van der Waals surface area contributed by atoms with Crippen LogP contribution < -0.4 is 5.32 Å². The summed E-state index contributed by atoms with van der Waals surface area (Å²) in [5, 5.41) is 3.05. The molecule has 1 aliphatic carbocycles. The second-order valence-corrected chi connectivity index (χ2v) is 8.20. The Kier molecular flexibility index (Phi) is 8.63. The summed E-state index contributed by atoms with van der Waals surface area (Å²) in [6, 6.07) is 0. The minimum absolute atomic E-state index is 0.0174. The number of carbonyl (C=O) groups excluding carboxylic acids is 2. The molecule has 0 saturated carbocycles. The molecule has 5 heteroatoms. The minimum Gasteiger partial charge on any atom is -0.356 e. The molecule has 2 amide bonds. The number of nitrogens with one attached hydrogen (secondary N) is 1. The predicted octanol–water partition coefficient (Wildman–Crippen LogP) is 3.17. The highest BCUT2D eigenvalue weighted by Crippen LogP contribution is 2.22.